The number of amidine groups is 1. The maximum atomic E-state index is 7.34. The summed E-state index contributed by atoms with van der Waals surface area (Å²) in [5.74, 6) is 0.121. The Balaban J connectivity index is 2.71. The molecule has 0 unspecified atom stereocenters. The van der Waals surface area contributed by atoms with Crippen LogP contribution in [0.5, 0.6) is 0 Å². The SMILES string of the molecule is Cc1nc(CCN(C)C)sc1C(=N)N. The van der Waals surface area contributed by atoms with Gasteiger partial charge in [-0.15, -0.1) is 11.3 Å². The number of aryl methyl sites for hydroxylation is 1. The first-order valence-electron chi connectivity index (χ1n) is 4.46. The zero-order valence-electron chi connectivity index (χ0n) is 8.79. The van der Waals surface area contributed by atoms with Gasteiger partial charge in [0.05, 0.1) is 15.6 Å². The molecular formula is C9H16N4S. The van der Waals surface area contributed by atoms with E-state index in [1.165, 1.54) is 11.3 Å². The van der Waals surface area contributed by atoms with Crippen LogP contribution in [0.25, 0.3) is 0 Å². The van der Waals surface area contributed by atoms with Gasteiger partial charge in [0, 0.05) is 13.0 Å². The lowest BCUT2D eigenvalue weighted by Gasteiger charge is -2.06. The molecule has 1 heterocycles. The van der Waals surface area contributed by atoms with Crippen molar-refractivity contribution >= 4 is 17.2 Å². The van der Waals surface area contributed by atoms with Gasteiger partial charge in [0.15, 0.2) is 0 Å². The number of nitrogen functional groups attached to an aromatic ring is 1. The monoisotopic (exact) mass is 212 g/mol. The van der Waals surface area contributed by atoms with Gasteiger partial charge in [0.2, 0.25) is 0 Å². The van der Waals surface area contributed by atoms with Crippen molar-refractivity contribution in [2.45, 2.75) is 13.3 Å². The van der Waals surface area contributed by atoms with Gasteiger partial charge in [0.25, 0.3) is 0 Å². The topological polar surface area (TPSA) is 66.0 Å². The third kappa shape index (κ3) is 2.78. The quantitative estimate of drug-likeness (QED) is 0.574. The first-order chi connectivity index (χ1) is 6.50. The first-order valence-corrected chi connectivity index (χ1v) is 5.27. The van der Waals surface area contributed by atoms with Gasteiger partial charge in [-0.05, 0) is 21.0 Å². The molecule has 0 aliphatic rings. The molecule has 14 heavy (non-hydrogen) atoms. The molecule has 78 valence electrons. The molecule has 4 nitrogen and oxygen atoms in total. The van der Waals surface area contributed by atoms with Crippen LogP contribution in [0.1, 0.15) is 15.6 Å². The second-order valence-corrected chi connectivity index (χ2v) is 4.57. The van der Waals surface area contributed by atoms with Crippen LogP contribution in [0.2, 0.25) is 0 Å². The maximum absolute atomic E-state index is 7.34. The van der Waals surface area contributed by atoms with Crippen molar-refractivity contribution < 1.29 is 0 Å². The van der Waals surface area contributed by atoms with E-state index in [0.717, 1.165) is 28.5 Å². The molecule has 5 heteroatoms. The highest BCUT2D eigenvalue weighted by Gasteiger charge is 2.09. The highest BCUT2D eigenvalue weighted by Crippen LogP contribution is 2.17. The molecule has 0 aliphatic carbocycles. The summed E-state index contributed by atoms with van der Waals surface area (Å²) in [7, 11) is 4.07. The van der Waals surface area contributed by atoms with E-state index >= 15 is 0 Å². The normalized spacial score (nSPS) is 10.9. The standard InChI is InChI=1S/C9H16N4S/c1-6-8(9(10)11)14-7(12-6)4-5-13(2)3/h4-5H2,1-3H3,(H3,10,11). The summed E-state index contributed by atoms with van der Waals surface area (Å²) in [6.07, 6.45) is 0.922. The predicted molar refractivity (Wildman–Crippen MR) is 60.1 cm³/mol. The van der Waals surface area contributed by atoms with Crippen LogP contribution in [-0.4, -0.2) is 36.4 Å². The van der Waals surface area contributed by atoms with Gasteiger partial charge in [-0.3, -0.25) is 5.41 Å². The van der Waals surface area contributed by atoms with Crippen molar-refractivity contribution in [2.75, 3.05) is 20.6 Å². The molecule has 3 N–H and O–H groups in total. The molecule has 0 aromatic carbocycles. The van der Waals surface area contributed by atoms with Gasteiger partial charge >= 0.3 is 0 Å². The molecule has 0 bridgehead atoms. The Morgan fingerprint density at radius 3 is 2.64 bits per heavy atom. The van der Waals surface area contributed by atoms with Crippen molar-refractivity contribution in [1.29, 1.82) is 5.41 Å². The summed E-state index contributed by atoms with van der Waals surface area (Å²) in [6.45, 7) is 2.87. The summed E-state index contributed by atoms with van der Waals surface area (Å²) in [6, 6.07) is 0. The molecule has 1 aromatic rings. The predicted octanol–water partition coefficient (Wildman–Crippen LogP) is 0.840. The highest BCUT2D eigenvalue weighted by atomic mass is 32.1. The lowest BCUT2D eigenvalue weighted by molar-refractivity contribution is 0.413. The van der Waals surface area contributed by atoms with E-state index in [2.05, 4.69) is 9.88 Å². The minimum Gasteiger partial charge on any atom is -0.383 e. The van der Waals surface area contributed by atoms with E-state index < -0.39 is 0 Å². The van der Waals surface area contributed by atoms with E-state index in [1.807, 2.05) is 21.0 Å². The van der Waals surface area contributed by atoms with Gasteiger partial charge in [0.1, 0.15) is 5.84 Å². The summed E-state index contributed by atoms with van der Waals surface area (Å²) in [4.78, 5) is 7.29. The molecular weight excluding hydrogens is 196 g/mol. The number of nitrogens with zero attached hydrogens (tertiary/aromatic N) is 2. The van der Waals surface area contributed by atoms with Crippen molar-refractivity contribution in [3.63, 3.8) is 0 Å². The summed E-state index contributed by atoms with van der Waals surface area (Å²) in [5.41, 5.74) is 6.30. The molecule has 0 spiro atoms. The number of thiazole rings is 1. The minimum absolute atomic E-state index is 0.121. The van der Waals surface area contributed by atoms with Gasteiger partial charge in [-0.2, -0.15) is 0 Å². The third-order valence-electron chi connectivity index (χ3n) is 1.86. The fourth-order valence-corrected chi connectivity index (χ4v) is 2.04. The molecule has 1 aromatic heterocycles. The highest BCUT2D eigenvalue weighted by molar-refractivity contribution is 7.13. The number of rotatable bonds is 4. The van der Waals surface area contributed by atoms with Crippen LogP contribution >= 0.6 is 11.3 Å². The summed E-state index contributed by atoms with van der Waals surface area (Å²) < 4.78 is 0. The van der Waals surface area contributed by atoms with Crippen LogP contribution in [-0.2, 0) is 6.42 Å². The summed E-state index contributed by atoms with van der Waals surface area (Å²) in [5, 5.41) is 8.40. The molecule has 0 saturated heterocycles. The Morgan fingerprint density at radius 1 is 1.57 bits per heavy atom. The largest absolute Gasteiger partial charge is 0.383 e. The van der Waals surface area contributed by atoms with Crippen LogP contribution < -0.4 is 5.73 Å². The average Bonchev–Trinajstić information content (AvgIpc) is 2.43. The van der Waals surface area contributed by atoms with Crippen LogP contribution in [0.15, 0.2) is 0 Å². The van der Waals surface area contributed by atoms with E-state index in [-0.39, 0.29) is 5.84 Å². The molecule has 0 saturated carbocycles. The zero-order valence-corrected chi connectivity index (χ0v) is 9.61. The van der Waals surface area contributed by atoms with Gasteiger partial charge in [-0.1, -0.05) is 0 Å². The molecule has 0 aliphatic heterocycles. The van der Waals surface area contributed by atoms with E-state index in [1.54, 1.807) is 0 Å². The number of hydrogen-bond acceptors (Lipinski definition) is 4. The Kier molecular flexibility index (Phi) is 3.60. The molecule has 0 atom stereocenters. The number of nitrogens with one attached hydrogen (secondary N) is 1. The number of nitrogens with two attached hydrogens (primary N) is 1. The van der Waals surface area contributed by atoms with E-state index in [0.29, 0.717) is 0 Å². The van der Waals surface area contributed by atoms with E-state index in [4.69, 9.17) is 11.1 Å². The van der Waals surface area contributed by atoms with Crippen LogP contribution in [0.3, 0.4) is 0 Å². The smallest absolute Gasteiger partial charge is 0.135 e. The van der Waals surface area contributed by atoms with Gasteiger partial charge in [-0.25, -0.2) is 4.98 Å². The molecule has 1 rings (SSSR count). The molecule has 0 amide bonds. The number of hydrogen-bond donors (Lipinski definition) is 2. The fraction of sp³-hybridized carbons (Fsp3) is 0.556. The zero-order chi connectivity index (χ0) is 10.7. The van der Waals surface area contributed by atoms with Crippen molar-refractivity contribution in [3.05, 3.63) is 15.6 Å². The maximum Gasteiger partial charge on any atom is 0.135 e. The fourth-order valence-electron chi connectivity index (χ4n) is 1.13. The Labute approximate surface area is 88.3 Å². The lowest BCUT2D eigenvalue weighted by Crippen LogP contribution is -2.14. The Morgan fingerprint density at radius 2 is 2.21 bits per heavy atom. The Hall–Kier alpha value is -0.940. The van der Waals surface area contributed by atoms with Crippen molar-refractivity contribution in [2.24, 2.45) is 5.73 Å². The van der Waals surface area contributed by atoms with Gasteiger partial charge < -0.3 is 10.6 Å². The van der Waals surface area contributed by atoms with Crippen molar-refractivity contribution in [1.82, 2.24) is 9.88 Å². The van der Waals surface area contributed by atoms with Crippen LogP contribution in [0.4, 0.5) is 0 Å². The number of likely N-dealkylation sites (N-methyl/N-ethyl adjacent to an activating group) is 1. The van der Waals surface area contributed by atoms with Crippen LogP contribution in [0, 0.1) is 12.3 Å². The summed E-state index contributed by atoms with van der Waals surface area (Å²) >= 11 is 1.52. The lowest BCUT2D eigenvalue weighted by atomic mass is 10.3. The molecule has 0 radical (unpaired) electrons. The minimum atomic E-state index is 0.121. The first kappa shape index (κ1) is 11.1. The second kappa shape index (κ2) is 4.52. The number of aromatic nitrogens is 1. The molecule has 0 fully saturated rings. The van der Waals surface area contributed by atoms with E-state index in [9.17, 15) is 0 Å². The second-order valence-electron chi connectivity index (χ2n) is 3.49. The average molecular weight is 212 g/mol. The Bertz CT molecular complexity index is 330. The van der Waals surface area contributed by atoms with Crippen molar-refractivity contribution in [3.8, 4) is 0 Å². The third-order valence-corrected chi connectivity index (χ3v) is 3.11.